The number of ether oxygens (including phenoxy) is 3. The molecular formula is C27H37FN10O9P2S2. The summed E-state index contributed by atoms with van der Waals surface area (Å²) in [7, 11) is -3.88. The molecule has 3 saturated heterocycles. The van der Waals surface area contributed by atoms with Crippen LogP contribution in [-0.4, -0.2) is 135 Å². The number of rotatable bonds is 15. The van der Waals surface area contributed by atoms with E-state index in [1.807, 2.05) is 12.2 Å². The van der Waals surface area contributed by atoms with E-state index in [1.165, 1.54) is 23.6 Å². The van der Waals surface area contributed by atoms with E-state index in [4.69, 9.17) is 23.3 Å². The largest absolute Gasteiger partial charge is 0.394 e. The summed E-state index contributed by atoms with van der Waals surface area (Å²) in [6.45, 7) is 5.10. The van der Waals surface area contributed by atoms with Crippen LogP contribution in [0.3, 0.4) is 0 Å². The lowest BCUT2D eigenvalue weighted by Crippen LogP contribution is -2.53. The molecule has 0 amide bonds. The summed E-state index contributed by atoms with van der Waals surface area (Å²) in [4.78, 5) is 27.4. The molecule has 24 heteroatoms. The predicted octanol–water partition coefficient (Wildman–Crippen LogP) is 1.14. The van der Waals surface area contributed by atoms with Crippen LogP contribution >= 0.6 is 39.0 Å². The fourth-order valence-corrected chi connectivity index (χ4v) is 8.23. The Kier molecular flexibility index (Phi) is 12.0. The normalized spacial score (nSPS) is 34.6. The second-order valence-electron chi connectivity index (χ2n) is 11.5. The van der Waals surface area contributed by atoms with Gasteiger partial charge in [-0.1, -0.05) is 36.6 Å². The van der Waals surface area contributed by atoms with Crippen molar-refractivity contribution in [1.29, 1.82) is 0 Å². The smallest absolute Gasteiger partial charge is 0.243 e. The van der Waals surface area contributed by atoms with Crippen molar-refractivity contribution in [2.75, 3.05) is 38.7 Å². The van der Waals surface area contributed by atoms with Crippen molar-refractivity contribution in [3.63, 3.8) is 0 Å². The molecule has 0 spiro atoms. The number of nitrogens with one attached hydrogen (secondary N) is 2. The number of aliphatic hydroxyl groups is 2. The van der Waals surface area contributed by atoms with Gasteiger partial charge >= 0.3 is 0 Å². The van der Waals surface area contributed by atoms with Gasteiger partial charge < -0.3 is 44.1 Å². The van der Waals surface area contributed by atoms with Crippen LogP contribution in [0.1, 0.15) is 13.2 Å². The van der Waals surface area contributed by atoms with Crippen molar-refractivity contribution in [2.45, 2.75) is 61.7 Å². The first kappa shape index (κ1) is 38.0. The zero-order valence-electron chi connectivity index (χ0n) is 27.1. The standard InChI is InChI=1S/C27H37FN10O9P2S2/c1-13-27(9-40)20(47-49(42)51)19(43-13)26(45-27)37-11-35-16(23(37)30-3)21(29-2)31-6-4-5-7-32-22-17-24(34-10-33-22)38(12-36-17)25-15(28)18(46-48(41)50)14(8-39)44-25/h4-5,10-15,18-20,25-26,31,39-40,48-49H,2,6-9H2,1,3H3,(H,41,50)(H,42,51)(H,32,33,34)/b5-4+,21-16-,30-23+/t13-,14?,15+,18+,19+,20-,25?,26?,27?/m0/s1. The molecule has 2 bridgehead atoms. The Labute approximate surface area is 302 Å². The molecule has 2 aromatic heterocycles. The third-order valence-electron chi connectivity index (χ3n) is 8.82. The maximum atomic E-state index is 15.3. The molecule has 0 aromatic carbocycles. The number of aliphatic imine (C=N–C) groups is 3. The van der Waals surface area contributed by atoms with Gasteiger partial charge in [-0.25, -0.2) is 29.3 Å². The van der Waals surface area contributed by atoms with Gasteiger partial charge in [-0.2, -0.15) is 0 Å². The molecule has 0 saturated carbocycles. The van der Waals surface area contributed by atoms with Crippen LogP contribution in [0.5, 0.6) is 0 Å². The molecule has 3 fully saturated rings. The van der Waals surface area contributed by atoms with Gasteiger partial charge in [-0.15, -0.1) is 0 Å². The first-order valence-electron chi connectivity index (χ1n) is 15.5. The van der Waals surface area contributed by atoms with E-state index in [0.717, 1.165) is 0 Å². The van der Waals surface area contributed by atoms with Crippen molar-refractivity contribution in [3.05, 3.63) is 36.3 Å². The highest BCUT2D eigenvalue weighted by molar-refractivity contribution is 8.39. The Morgan fingerprint density at radius 3 is 2.63 bits per heavy atom. The van der Waals surface area contributed by atoms with Crippen molar-refractivity contribution in [3.8, 4) is 0 Å². The van der Waals surface area contributed by atoms with Crippen LogP contribution in [0.15, 0.2) is 51.3 Å². The van der Waals surface area contributed by atoms with Gasteiger partial charge in [-0.05, 0) is 13.6 Å². The van der Waals surface area contributed by atoms with Crippen LogP contribution in [0.25, 0.3) is 11.2 Å². The Morgan fingerprint density at radius 1 is 1.18 bits per heavy atom. The molecule has 51 heavy (non-hydrogen) atoms. The second kappa shape index (κ2) is 16.1. The molecule has 0 radical (unpaired) electrons. The lowest BCUT2D eigenvalue weighted by atomic mass is 9.94. The van der Waals surface area contributed by atoms with E-state index in [1.54, 1.807) is 18.9 Å². The Bertz CT molecular complexity index is 1810. The molecule has 6 rings (SSSR count). The fraction of sp³-hybridized carbons (Fsp3) is 0.556. The van der Waals surface area contributed by atoms with Crippen molar-refractivity contribution < 1.29 is 47.0 Å². The zero-order chi connectivity index (χ0) is 36.4. The van der Waals surface area contributed by atoms with Crippen molar-refractivity contribution in [1.82, 2.24) is 29.7 Å². The molecule has 6 unspecified atom stereocenters. The first-order valence-corrected chi connectivity index (χ1v) is 20.7. The molecular weight excluding hydrogens is 753 g/mol. The average molecular weight is 791 g/mol. The minimum Gasteiger partial charge on any atom is -0.394 e. The quantitative estimate of drug-likeness (QED) is 0.0644. The maximum Gasteiger partial charge on any atom is 0.243 e. The monoisotopic (exact) mass is 790 g/mol. The number of alkyl halides is 1. The predicted molar refractivity (Wildman–Crippen MR) is 192 cm³/mol. The highest BCUT2D eigenvalue weighted by atomic mass is 32.7. The van der Waals surface area contributed by atoms with Crippen LogP contribution < -0.4 is 10.6 Å². The minimum absolute atomic E-state index is 0.277. The zero-order valence-corrected chi connectivity index (χ0v) is 30.9. The number of halogens is 1. The number of thiol groups is 2. The van der Waals surface area contributed by atoms with Crippen LogP contribution in [-0.2, 0) is 32.4 Å². The lowest BCUT2D eigenvalue weighted by Gasteiger charge is -2.37. The van der Waals surface area contributed by atoms with Crippen LogP contribution in [0.2, 0.25) is 0 Å². The Hall–Kier alpha value is -2.75. The number of hydrogen-bond acceptors (Lipinski definition) is 17. The van der Waals surface area contributed by atoms with E-state index in [0.29, 0.717) is 41.8 Å². The van der Waals surface area contributed by atoms with E-state index < -0.39 is 82.4 Å². The third kappa shape index (κ3) is 7.16. The Morgan fingerprint density at radius 2 is 1.94 bits per heavy atom. The number of imidazole rings is 1. The topological polar surface area (TPSA) is 229 Å². The van der Waals surface area contributed by atoms with Crippen molar-refractivity contribution in [2.24, 2.45) is 15.0 Å². The van der Waals surface area contributed by atoms with E-state index in [2.05, 4.69) is 71.8 Å². The van der Waals surface area contributed by atoms with Gasteiger partial charge in [0.05, 0.1) is 32.0 Å². The maximum absolute atomic E-state index is 15.3. The molecule has 19 nitrogen and oxygen atoms in total. The number of fused-ring (bicyclic) bond motifs is 3. The second-order valence-corrected chi connectivity index (χ2v) is 15.3. The summed E-state index contributed by atoms with van der Waals surface area (Å²) >= 11 is 7.64. The number of nitrogens with zero attached hydrogens (tertiary/aromatic N) is 8. The molecule has 0 aliphatic carbocycles. The fourth-order valence-electron chi connectivity index (χ4n) is 6.46. The molecule has 6 heterocycles. The molecule has 4 aliphatic heterocycles. The summed E-state index contributed by atoms with van der Waals surface area (Å²) in [6, 6.07) is 0. The van der Waals surface area contributed by atoms with Gasteiger partial charge in [0.2, 0.25) is 14.5 Å². The van der Waals surface area contributed by atoms with Crippen LogP contribution in [0.4, 0.5) is 10.2 Å². The lowest BCUT2D eigenvalue weighted by molar-refractivity contribution is -0.213. The highest BCUT2D eigenvalue weighted by Crippen LogP contribution is 2.51. The molecule has 11 atom stereocenters. The van der Waals surface area contributed by atoms with Crippen LogP contribution in [0, 0.1) is 0 Å². The van der Waals surface area contributed by atoms with Gasteiger partial charge in [0.15, 0.2) is 47.3 Å². The third-order valence-corrected chi connectivity index (χ3v) is 10.4. The number of aliphatic hydroxyl groups excluding tert-OH is 2. The summed E-state index contributed by atoms with van der Waals surface area (Å²) in [6.07, 6.45) is -0.368. The molecule has 4 aliphatic rings. The summed E-state index contributed by atoms with van der Waals surface area (Å²) in [5.41, 5.74) is -0.223. The van der Waals surface area contributed by atoms with Gasteiger partial charge in [0, 0.05) is 20.1 Å². The van der Waals surface area contributed by atoms with Gasteiger partial charge in [-0.3, -0.25) is 23.6 Å². The number of hydrogen-bond donors (Lipinski definition) is 6. The molecule has 278 valence electrons. The summed E-state index contributed by atoms with van der Waals surface area (Å²) < 4.78 is 68.7. The summed E-state index contributed by atoms with van der Waals surface area (Å²) in [5.74, 6) is 1.13. The number of aromatic nitrogens is 4. The highest BCUT2D eigenvalue weighted by Gasteiger charge is 2.68. The number of anilines is 1. The first-order chi connectivity index (χ1) is 24.6. The van der Waals surface area contributed by atoms with E-state index in [9.17, 15) is 19.3 Å². The number of amidine groups is 1. The van der Waals surface area contributed by atoms with Gasteiger partial charge in [0.25, 0.3) is 0 Å². The molecule has 4 N–H and O–H groups in total. The van der Waals surface area contributed by atoms with Crippen molar-refractivity contribution >= 4 is 74.8 Å². The Balaban J connectivity index is 1.07. The minimum atomic E-state index is -2.79. The molecule has 2 aromatic rings. The average Bonchev–Trinajstić information content (AvgIpc) is 3.91. The van der Waals surface area contributed by atoms with E-state index >= 15 is 4.39 Å². The summed E-state index contributed by atoms with van der Waals surface area (Å²) in [5, 5.41) is 26.2. The van der Waals surface area contributed by atoms with E-state index in [-0.39, 0.29) is 5.65 Å². The SMILES string of the molecule is C=N/C(NC/C=C/CNc1ncnc2c1ncn2C1OC(CO)[C@@H](O[PH](=O)S)[C@H]1F)=C1/N=CN(C2OC3(CO)[C@H](C)O[C@@H]2[C@@H]3O[PH](=O)S)/C1=N/C. The van der Waals surface area contributed by atoms with Gasteiger partial charge in [0.1, 0.15) is 42.0 Å².